The minimum atomic E-state index is -0.125. The second-order valence-electron chi connectivity index (χ2n) is 5.10. The highest BCUT2D eigenvalue weighted by molar-refractivity contribution is 6.31. The highest BCUT2D eigenvalue weighted by Gasteiger charge is 2.19. The minimum Gasteiger partial charge on any atom is -0.347 e. The quantitative estimate of drug-likeness (QED) is 0.864. The van der Waals surface area contributed by atoms with Crippen molar-refractivity contribution in [2.45, 2.75) is 39.8 Å². The van der Waals surface area contributed by atoms with Crippen LogP contribution < -0.4 is 11.1 Å². The smallest absolute Gasteiger partial charge is 0.268 e. The minimum absolute atomic E-state index is 0.0215. The number of aromatic nitrogens is 1. The molecule has 0 aliphatic heterocycles. The Morgan fingerprint density at radius 1 is 1.44 bits per heavy atom. The zero-order chi connectivity index (χ0) is 13.9. The Labute approximate surface area is 113 Å². The van der Waals surface area contributed by atoms with Crippen LogP contribution in [0.25, 0.3) is 0 Å². The predicted molar refractivity (Wildman–Crippen MR) is 75.0 cm³/mol. The summed E-state index contributed by atoms with van der Waals surface area (Å²) in [5, 5.41) is 3.52. The van der Waals surface area contributed by atoms with Gasteiger partial charge in [0.25, 0.3) is 5.91 Å². The molecule has 0 aliphatic rings. The molecule has 0 saturated heterocycles. The van der Waals surface area contributed by atoms with E-state index in [1.165, 1.54) is 0 Å². The average molecular weight is 272 g/mol. The molecule has 1 rings (SSSR count). The highest BCUT2D eigenvalue weighted by atomic mass is 35.5. The molecule has 0 spiro atoms. The van der Waals surface area contributed by atoms with Gasteiger partial charge in [0.15, 0.2) is 0 Å². The first-order valence-corrected chi connectivity index (χ1v) is 6.63. The molecule has 102 valence electrons. The Bertz CT molecular complexity index is 412. The number of carbonyl (C=O) groups is 1. The molecule has 0 radical (unpaired) electrons. The highest BCUT2D eigenvalue weighted by Crippen LogP contribution is 2.19. The number of halogens is 1. The van der Waals surface area contributed by atoms with E-state index in [4.69, 9.17) is 17.3 Å². The summed E-state index contributed by atoms with van der Waals surface area (Å²) in [5.74, 6) is 0.177. The maximum Gasteiger partial charge on any atom is 0.268 e. The lowest BCUT2D eigenvalue weighted by molar-refractivity contribution is 0.0917. The van der Waals surface area contributed by atoms with Crippen LogP contribution in [-0.2, 0) is 0 Å². The molecule has 0 aliphatic carbocycles. The van der Waals surface area contributed by atoms with E-state index >= 15 is 0 Å². The van der Waals surface area contributed by atoms with E-state index in [0.29, 0.717) is 23.2 Å². The standard InChI is InChI=1S/C13H22ClN3O/c1-8(2)11(6-15)16-13(18)12-5-10(14)7-17(12)9(3)4/h5,7-9,11H,6,15H2,1-4H3,(H,16,18). The molecule has 1 amide bonds. The van der Waals surface area contributed by atoms with Crippen molar-refractivity contribution in [1.29, 1.82) is 0 Å². The van der Waals surface area contributed by atoms with E-state index in [2.05, 4.69) is 5.32 Å². The van der Waals surface area contributed by atoms with E-state index in [0.717, 1.165) is 0 Å². The third kappa shape index (κ3) is 3.50. The first-order chi connectivity index (χ1) is 8.36. The largest absolute Gasteiger partial charge is 0.347 e. The SMILES string of the molecule is CC(C)C(CN)NC(=O)c1cc(Cl)cn1C(C)C. The molecular formula is C13H22ClN3O. The third-order valence-electron chi connectivity index (χ3n) is 2.98. The van der Waals surface area contributed by atoms with Crippen LogP contribution in [0.5, 0.6) is 0 Å². The second-order valence-corrected chi connectivity index (χ2v) is 5.54. The number of hydrogen-bond donors (Lipinski definition) is 2. The monoisotopic (exact) mass is 271 g/mol. The topological polar surface area (TPSA) is 60.0 Å². The van der Waals surface area contributed by atoms with Crippen LogP contribution in [0.3, 0.4) is 0 Å². The molecule has 18 heavy (non-hydrogen) atoms. The van der Waals surface area contributed by atoms with Crippen molar-refractivity contribution in [2.75, 3.05) is 6.54 Å². The summed E-state index contributed by atoms with van der Waals surface area (Å²) in [4.78, 5) is 12.2. The molecule has 1 unspecified atom stereocenters. The Kier molecular flexibility index (Phi) is 5.23. The number of nitrogens with zero attached hydrogens (tertiary/aromatic N) is 1. The fourth-order valence-corrected chi connectivity index (χ4v) is 2.00. The molecule has 1 aromatic heterocycles. The lowest BCUT2D eigenvalue weighted by atomic mass is 10.0. The molecule has 0 fully saturated rings. The number of nitrogens with two attached hydrogens (primary N) is 1. The summed E-state index contributed by atoms with van der Waals surface area (Å²) in [6.07, 6.45) is 1.77. The summed E-state index contributed by atoms with van der Waals surface area (Å²) in [7, 11) is 0. The fraction of sp³-hybridized carbons (Fsp3) is 0.615. The molecule has 5 heteroatoms. The molecule has 0 saturated carbocycles. The van der Waals surface area contributed by atoms with Gasteiger partial charge in [0.2, 0.25) is 0 Å². The molecule has 0 aromatic carbocycles. The van der Waals surface area contributed by atoms with Crippen molar-refractivity contribution in [3.8, 4) is 0 Å². The number of hydrogen-bond acceptors (Lipinski definition) is 2. The third-order valence-corrected chi connectivity index (χ3v) is 3.19. The Morgan fingerprint density at radius 3 is 2.50 bits per heavy atom. The summed E-state index contributed by atoms with van der Waals surface area (Å²) >= 11 is 5.96. The Hall–Kier alpha value is -1.00. The average Bonchev–Trinajstić information content (AvgIpc) is 2.67. The van der Waals surface area contributed by atoms with Gasteiger partial charge in [-0.1, -0.05) is 25.4 Å². The molecule has 1 aromatic rings. The zero-order valence-electron chi connectivity index (χ0n) is 11.4. The lowest BCUT2D eigenvalue weighted by Gasteiger charge is -2.21. The summed E-state index contributed by atoms with van der Waals surface area (Å²) in [6, 6.07) is 1.85. The first kappa shape index (κ1) is 15.1. The van der Waals surface area contributed by atoms with E-state index in [9.17, 15) is 4.79 Å². The normalized spacial score (nSPS) is 13.1. The Morgan fingerprint density at radius 2 is 2.06 bits per heavy atom. The van der Waals surface area contributed by atoms with Gasteiger partial charge < -0.3 is 15.6 Å². The number of amides is 1. The number of carbonyl (C=O) groups excluding carboxylic acids is 1. The van der Waals surface area contributed by atoms with Crippen molar-refractivity contribution in [3.63, 3.8) is 0 Å². The first-order valence-electron chi connectivity index (χ1n) is 6.25. The van der Waals surface area contributed by atoms with Crippen LogP contribution in [0.2, 0.25) is 5.02 Å². The molecular weight excluding hydrogens is 250 g/mol. The van der Waals surface area contributed by atoms with E-state index < -0.39 is 0 Å². The van der Waals surface area contributed by atoms with Gasteiger partial charge in [-0.2, -0.15) is 0 Å². The van der Waals surface area contributed by atoms with Crippen molar-refractivity contribution in [3.05, 3.63) is 23.0 Å². The maximum absolute atomic E-state index is 12.2. The van der Waals surface area contributed by atoms with E-state index in [-0.39, 0.29) is 18.0 Å². The van der Waals surface area contributed by atoms with Crippen LogP contribution in [0.1, 0.15) is 44.2 Å². The summed E-state index contributed by atoms with van der Waals surface area (Å²) < 4.78 is 1.87. The van der Waals surface area contributed by atoms with E-state index in [1.54, 1.807) is 12.3 Å². The molecule has 0 bridgehead atoms. The molecule has 1 heterocycles. The van der Waals surface area contributed by atoms with Gasteiger partial charge in [0.05, 0.1) is 5.02 Å². The number of rotatable bonds is 5. The lowest BCUT2D eigenvalue weighted by Crippen LogP contribution is -2.44. The van der Waals surface area contributed by atoms with Gasteiger partial charge in [-0.05, 0) is 25.8 Å². The van der Waals surface area contributed by atoms with Crippen LogP contribution in [0.15, 0.2) is 12.3 Å². The van der Waals surface area contributed by atoms with E-state index in [1.807, 2.05) is 32.3 Å². The van der Waals surface area contributed by atoms with Crippen LogP contribution >= 0.6 is 11.6 Å². The summed E-state index contributed by atoms with van der Waals surface area (Å²) in [6.45, 7) is 8.52. The van der Waals surface area contributed by atoms with Gasteiger partial charge in [-0.25, -0.2) is 0 Å². The van der Waals surface area contributed by atoms with Crippen molar-refractivity contribution in [1.82, 2.24) is 9.88 Å². The van der Waals surface area contributed by atoms with Crippen molar-refractivity contribution >= 4 is 17.5 Å². The zero-order valence-corrected chi connectivity index (χ0v) is 12.2. The van der Waals surface area contributed by atoms with Crippen molar-refractivity contribution < 1.29 is 4.79 Å². The maximum atomic E-state index is 12.2. The molecule has 1 atom stereocenters. The van der Waals surface area contributed by atoms with Gasteiger partial charge in [-0.3, -0.25) is 4.79 Å². The molecule has 4 nitrogen and oxygen atoms in total. The molecule has 3 N–H and O–H groups in total. The van der Waals surface area contributed by atoms with Gasteiger partial charge >= 0.3 is 0 Å². The second kappa shape index (κ2) is 6.25. The van der Waals surface area contributed by atoms with Gasteiger partial charge in [0, 0.05) is 24.8 Å². The van der Waals surface area contributed by atoms with Gasteiger partial charge in [-0.15, -0.1) is 0 Å². The van der Waals surface area contributed by atoms with Crippen LogP contribution in [-0.4, -0.2) is 23.1 Å². The Balaban J connectivity index is 2.90. The fourth-order valence-electron chi connectivity index (χ4n) is 1.79. The summed E-state index contributed by atoms with van der Waals surface area (Å²) in [5.41, 5.74) is 6.23. The number of nitrogens with one attached hydrogen (secondary N) is 1. The predicted octanol–water partition coefficient (Wildman–Crippen LogP) is 2.44. The van der Waals surface area contributed by atoms with Crippen LogP contribution in [0.4, 0.5) is 0 Å². The van der Waals surface area contributed by atoms with Crippen molar-refractivity contribution in [2.24, 2.45) is 11.7 Å². The van der Waals surface area contributed by atoms with Gasteiger partial charge in [0.1, 0.15) is 5.69 Å². The van der Waals surface area contributed by atoms with Crippen LogP contribution in [0, 0.1) is 5.92 Å².